The molecule has 0 atom stereocenters. The first-order valence-corrected chi connectivity index (χ1v) is 7.56. The van der Waals surface area contributed by atoms with Crippen LogP contribution in [0.4, 0.5) is 0 Å². The number of hydrogen-bond acceptors (Lipinski definition) is 2. The van der Waals surface area contributed by atoms with Gasteiger partial charge in [-0.2, -0.15) is 5.10 Å². The smallest absolute Gasteiger partial charge is 0.0703 e. The Bertz CT molecular complexity index is 540. The minimum atomic E-state index is 0.833. The monoisotopic (exact) mass is 257 g/mol. The van der Waals surface area contributed by atoms with Gasteiger partial charge in [0.05, 0.1) is 11.2 Å². The summed E-state index contributed by atoms with van der Waals surface area (Å²) in [5, 5.41) is 9.65. The van der Waals surface area contributed by atoms with Gasteiger partial charge >= 0.3 is 0 Å². The normalized spacial score (nSPS) is 15.2. The van der Waals surface area contributed by atoms with Crippen LogP contribution in [0.1, 0.15) is 38.3 Å². The van der Waals surface area contributed by atoms with Gasteiger partial charge < -0.3 is 5.32 Å². The van der Waals surface area contributed by atoms with Gasteiger partial charge in [-0.25, -0.2) is 0 Å². The van der Waals surface area contributed by atoms with Crippen LogP contribution in [-0.4, -0.2) is 22.4 Å². The van der Waals surface area contributed by atoms with Gasteiger partial charge in [0.1, 0.15) is 0 Å². The van der Waals surface area contributed by atoms with Crippen molar-refractivity contribution in [1.82, 2.24) is 15.1 Å². The molecule has 19 heavy (non-hydrogen) atoms. The Kier molecular flexibility index (Phi) is 3.83. The fourth-order valence-electron chi connectivity index (χ4n) is 2.63. The summed E-state index contributed by atoms with van der Waals surface area (Å²) in [5.74, 6) is 0. The molecule has 1 fully saturated rings. The Morgan fingerprint density at radius 1 is 1.26 bits per heavy atom. The molecule has 1 aromatic carbocycles. The number of nitrogens with zero attached hydrogens (tertiary/aromatic N) is 2. The Labute approximate surface area is 115 Å². The molecule has 0 aliphatic heterocycles. The average molecular weight is 257 g/mol. The van der Waals surface area contributed by atoms with Crippen molar-refractivity contribution >= 4 is 10.9 Å². The van der Waals surface area contributed by atoms with Crippen molar-refractivity contribution in [2.45, 2.75) is 51.6 Å². The molecule has 3 heteroatoms. The molecular formula is C16H23N3. The van der Waals surface area contributed by atoms with Crippen molar-refractivity contribution in [2.75, 3.05) is 6.54 Å². The third-order valence-electron chi connectivity index (χ3n) is 3.88. The van der Waals surface area contributed by atoms with Crippen LogP contribution in [0, 0.1) is 0 Å². The van der Waals surface area contributed by atoms with E-state index in [9.17, 15) is 0 Å². The van der Waals surface area contributed by atoms with E-state index in [1.807, 2.05) is 0 Å². The van der Waals surface area contributed by atoms with E-state index in [-0.39, 0.29) is 0 Å². The SMILES string of the molecule is CCn1nc(CCCCNC2CC2)c2ccccc21. The largest absolute Gasteiger partial charge is 0.314 e. The highest BCUT2D eigenvalue weighted by atomic mass is 15.3. The number of rotatable bonds is 7. The summed E-state index contributed by atoms with van der Waals surface area (Å²) in [6, 6.07) is 9.41. The van der Waals surface area contributed by atoms with E-state index in [0.29, 0.717) is 0 Å². The highest BCUT2D eigenvalue weighted by Gasteiger charge is 2.19. The lowest BCUT2D eigenvalue weighted by atomic mass is 10.1. The maximum Gasteiger partial charge on any atom is 0.0703 e. The second-order valence-electron chi connectivity index (χ2n) is 5.47. The molecule has 0 radical (unpaired) electrons. The number of benzene rings is 1. The minimum absolute atomic E-state index is 0.833. The maximum atomic E-state index is 4.75. The molecule has 0 unspecified atom stereocenters. The van der Waals surface area contributed by atoms with Crippen LogP contribution in [0.3, 0.4) is 0 Å². The molecule has 3 nitrogen and oxygen atoms in total. The topological polar surface area (TPSA) is 29.9 Å². The molecule has 1 heterocycles. The van der Waals surface area contributed by atoms with E-state index in [1.165, 1.54) is 42.3 Å². The van der Waals surface area contributed by atoms with Crippen LogP contribution in [0.25, 0.3) is 10.9 Å². The quantitative estimate of drug-likeness (QED) is 0.772. The number of hydrogen-bond donors (Lipinski definition) is 1. The van der Waals surface area contributed by atoms with E-state index < -0.39 is 0 Å². The van der Waals surface area contributed by atoms with Gasteiger partial charge in [0.15, 0.2) is 0 Å². The number of unbranched alkanes of at least 4 members (excludes halogenated alkanes) is 1. The van der Waals surface area contributed by atoms with E-state index >= 15 is 0 Å². The first kappa shape index (κ1) is 12.7. The Balaban J connectivity index is 1.59. The predicted molar refractivity (Wildman–Crippen MR) is 79.4 cm³/mol. The van der Waals surface area contributed by atoms with Crippen LogP contribution in [0.15, 0.2) is 24.3 Å². The van der Waals surface area contributed by atoms with E-state index in [1.54, 1.807) is 0 Å². The number of para-hydroxylation sites is 1. The summed E-state index contributed by atoms with van der Waals surface area (Å²) in [6.07, 6.45) is 6.34. The van der Waals surface area contributed by atoms with Crippen molar-refractivity contribution in [3.8, 4) is 0 Å². The molecule has 1 aliphatic rings. The molecular weight excluding hydrogens is 234 g/mol. The first-order chi connectivity index (χ1) is 9.38. The van der Waals surface area contributed by atoms with Crippen LogP contribution in [-0.2, 0) is 13.0 Å². The molecule has 0 amide bonds. The molecule has 0 spiro atoms. The zero-order valence-corrected chi connectivity index (χ0v) is 11.7. The van der Waals surface area contributed by atoms with E-state index in [2.05, 4.69) is 41.2 Å². The Hall–Kier alpha value is -1.35. The van der Waals surface area contributed by atoms with Gasteiger partial charge in [0, 0.05) is 18.0 Å². The van der Waals surface area contributed by atoms with Gasteiger partial charge in [0.25, 0.3) is 0 Å². The van der Waals surface area contributed by atoms with Crippen LogP contribution < -0.4 is 5.32 Å². The first-order valence-electron chi connectivity index (χ1n) is 7.56. The number of aromatic nitrogens is 2. The van der Waals surface area contributed by atoms with Crippen molar-refractivity contribution in [1.29, 1.82) is 0 Å². The lowest BCUT2D eigenvalue weighted by Gasteiger charge is -2.01. The van der Waals surface area contributed by atoms with E-state index in [4.69, 9.17) is 5.10 Å². The highest BCUT2D eigenvalue weighted by Crippen LogP contribution is 2.20. The molecule has 1 N–H and O–H groups in total. The highest BCUT2D eigenvalue weighted by molar-refractivity contribution is 5.81. The fourth-order valence-corrected chi connectivity index (χ4v) is 2.63. The molecule has 2 aromatic rings. The summed E-state index contributed by atoms with van der Waals surface area (Å²) < 4.78 is 2.12. The molecule has 1 aromatic heterocycles. The number of nitrogens with one attached hydrogen (secondary N) is 1. The Morgan fingerprint density at radius 3 is 2.89 bits per heavy atom. The third-order valence-corrected chi connectivity index (χ3v) is 3.88. The standard InChI is InChI=1S/C16H23N3/c1-2-19-16-9-4-3-7-14(16)15(18-19)8-5-6-12-17-13-10-11-13/h3-4,7,9,13,17H,2,5-6,8,10-12H2,1H3. The average Bonchev–Trinajstić information content (AvgIpc) is 3.20. The van der Waals surface area contributed by atoms with Crippen molar-refractivity contribution in [2.24, 2.45) is 0 Å². The number of fused-ring (bicyclic) bond motifs is 1. The molecule has 102 valence electrons. The zero-order valence-electron chi connectivity index (χ0n) is 11.7. The summed E-state index contributed by atoms with van der Waals surface area (Å²) >= 11 is 0. The lowest BCUT2D eigenvalue weighted by Crippen LogP contribution is -2.17. The predicted octanol–water partition coefficient (Wildman–Crippen LogP) is 3.13. The van der Waals surface area contributed by atoms with Crippen molar-refractivity contribution < 1.29 is 0 Å². The van der Waals surface area contributed by atoms with Crippen molar-refractivity contribution in [3.63, 3.8) is 0 Å². The Morgan fingerprint density at radius 2 is 2.11 bits per heavy atom. The minimum Gasteiger partial charge on any atom is -0.314 e. The second-order valence-corrected chi connectivity index (χ2v) is 5.47. The lowest BCUT2D eigenvalue weighted by molar-refractivity contribution is 0.608. The third kappa shape index (κ3) is 2.98. The zero-order chi connectivity index (χ0) is 13.1. The second kappa shape index (κ2) is 5.74. The van der Waals surface area contributed by atoms with Gasteiger partial charge in [0.2, 0.25) is 0 Å². The fraction of sp³-hybridized carbons (Fsp3) is 0.562. The van der Waals surface area contributed by atoms with Crippen LogP contribution in [0.5, 0.6) is 0 Å². The van der Waals surface area contributed by atoms with Gasteiger partial charge in [-0.3, -0.25) is 4.68 Å². The van der Waals surface area contributed by atoms with E-state index in [0.717, 1.165) is 25.6 Å². The van der Waals surface area contributed by atoms with Gasteiger partial charge in [-0.1, -0.05) is 18.2 Å². The molecule has 3 rings (SSSR count). The molecule has 1 aliphatic carbocycles. The summed E-state index contributed by atoms with van der Waals surface area (Å²) in [5.41, 5.74) is 2.54. The van der Waals surface area contributed by atoms with Crippen molar-refractivity contribution in [3.05, 3.63) is 30.0 Å². The number of aryl methyl sites for hydroxylation is 2. The van der Waals surface area contributed by atoms with Crippen LogP contribution >= 0.6 is 0 Å². The summed E-state index contributed by atoms with van der Waals surface area (Å²) in [7, 11) is 0. The summed E-state index contributed by atoms with van der Waals surface area (Å²) in [6.45, 7) is 4.27. The maximum absolute atomic E-state index is 4.75. The van der Waals surface area contributed by atoms with Crippen LogP contribution in [0.2, 0.25) is 0 Å². The molecule has 1 saturated carbocycles. The van der Waals surface area contributed by atoms with Gasteiger partial charge in [-0.05, 0) is 51.6 Å². The molecule has 0 saturated heterocycles. The molecule has 0 bridgehead atoms. The van der Waals surface area contributed by atoms with Gasteiger partial charge in [-0.15, -0.1) is 0 Å². The summed E-state index contributed by atoms with van der Waals surface area (Å²) in [4.78, 5) is 0.